The van der Waals surface area contributed by atoms with Gasteiger partial charge in [-0.05, 0) is 42.0 Å². The number of rotatable bonds is 5. The van der Waals surface area contributed by atoms with Crippen molar-refractivity contribution in [1.82, 2.24) is 0 Å². The maximum absolute atomic E-state index is 12.9. The Morgan fingerprint density at radius 1 is 0.867 bits per heavy atom. The molecule has 1 heterocycles. The number of hydrogen-bond acceptors (Lipinski definition) is 5. The quantitative estimate of drug-likeness (QED) is 0.489. The van der Waals surface area contributed by atoms with E-state index in [-0.39, 0.29) is 11.5 Å². The highest BCUT2D eigenvalue weighted by Gasteiger charge is 2.18. The van der Waals surface area contributed by atoms with Gasteiger partial charge in [-0.2, -0.15) is 0 Å². The molecule has 4 rings (SSSR count). The standard InChI is InChI=1S/C24H19NO5/c1-28-20-11-6-12-21(29-2)22(20)23(26)25-17-9-5-8-15(13-17)18-14-16-7-3-4-10-19(16)30-24(18)27/h3-14H,1-2H3,(H,25,26). The van der Waals surface area contributed by atoms with Gasteiger partial charge in [0.15, 0.2) is 0 Å². The third-order valence-electron chi connectivity index (χ3n) is 4.73. The average Bonchev–Trinajstić information content (AvgIpc) is 2.78. The molecule has 1 aromatic heterocycles. The molecule has 0 aliphatic heterocycles. The summed E-state index contributed by atoms with van der Waals surface area (Å²) >= 11 is 0. The van der Waals surface area contributed by atoms with Gasteiger partial charge in [-0.15, -0.1) is 0 Å². The van der Waals surface area contributed by atoms with Crippen molar-refractivity contribution in [2.24, 2.45) is 0 Å². The molecule has 0 spiro atoms. The maximum atomic E-state index is 12.9. The van der Waals surface area contributed by atoms with Crippen LogP contribution in [0.3, 0.4) is 0 Å². The molecule has 0 unspecified atom stereocenters. The predicted molar refractivity (Wildman–Crippen MR) is 115 cm³/mol. The Balaban J connectivity index is 1.70. The summed E-state index contributed by atoms with van der Waals surface area (Å²) in [5.74, 6) is 0.420. The van der Waals surface area contributed by atoms with Gasteiger partial charge in [-0.3, -0.25) is 4.79 Å². The van der Waals surface area contributed by atoms with E-state index in [0.717, 1.165) is 5.39 Å². The van der Waals surface area contributed by atoms with Crippen LogP contribution in [0.15, 0.2) is 82.0 Å². The molecule has 1 amide bonds. The Bertz CT molecular complexity index is 1270. The van der Waals surface area contributed by atoms with E-state index in [2.05, 4.69) is 5.32 Å². The van der Waals surface area contributed by atoms with E-state index < -0.39 is 5.63 Å². The smallest absolute Gasteiger partial charge is 0.344 e. The molecule has 6 nitrogen and oxygen atoms in total. The molecule has 0 saturated heterocycles. The SMILES string of the molecule is COc1cccc(OC)c1C(=O)Nc1cccc(-c2cc3ccccc3oc2=O)c1. The minimum atomic E-state index is -0.441. The summed E-state index contributed by atoms with van der Waals surface area (Å²) in [5, 5.41) is 3.66. The van der Waals surface area contributed by atoms with Crippen molar-refractivity contribution in [2.45, 2.75) is 0 Å². The van der Waals surface area contributed by atoms with Gasteiger partial charge in [0.05, 0.1) is 19.8 Å². The monoisotopic (exact) mass is 401 g/mol. The maximum Gasteiger partial charge on any atom is 0.344 e. The zero-order valence-electron chi connectivity index (χ0n) is 16.5. The van der Waals surface area contributed by atoms with Gasteiger partial charge >= 0.3 is 5.63 Å². The fourth-order valence-corrected chi connectivity index (χ4v) is 3.30. The lowest BCUT2D eigenvalue weighted by Gasteiger charge is -2.13. The van der Waals surface area contributed by atoms with Crippen molar-refractivity contribution in [3.8, 4) is 22.6 Å². The van der Waals surface area contributed by atoms with E-state index in [0.29, 0.717) is 33.9 Å². The predicted octanol–water partition coefficient (Wildman–Crippen LogP) is 4.73. The average molecular weight is 401 g/mol. The van der Waals surface area contributed by atoms with Gasteiger partial charge in [0, 0.05) is 11.1 Å². The summed E-state index contributed by atoms with van der Waals surface area (Å²) in [4.78, 5) is 25.4. The number of carbonyl (C=O) groups excluding carboxylic acids is 1. The van der Waals surface area contributed by atoms with Crippen LogP contribution in [0, 0.1) is 0 Å². The number of ether oxygens (including phenoxy) is 2. The number of fused-ring (bicyclic) bond motifs is 1. The Morgan fingerprint density at radius 3 is 2.30 bits per heavy atom. The highest BCUT2D eigenvalue weighted by molar-refractivity contribution is 6.08. The Hall–Kier alpha value is -4.06. The minimum absolute atomic E-state index is 0.290. The number of anilines is 1. The van der Waals surface area contributed by atoms with E-state index in [1.807, 2.05) is 18.2 Å². The van der Waals surface area contributed by atoms with E-state index >= 15 is 0 Å². The molecule has 0 radical (unpaired) electrons. The number of carbonyl (C=O) groups is 1. The number of hydrogen-bond donors (Lipinski definition) is 1. The zero-order valence-corrected chi connectivity index (χ0v) is 16.5. The molecular formula is C24H19NO5. The molecule has 150 valence electrons. The third kappa shape index (κ3) is 3.63. The van der Waals surface area contributed by atoms with Gasteiger partial charge in [0.25, 0.3) is 5.91 Å². The fraction of sp³-hybridized carbons (Fsp3) is 0.0833. The van der Waals surface area contributed by atoms with Crippen molar-refractivity contribution in [3.05, 3.63) is 88.8 Å². The van der Waals surface area contributed by atoms with Gasteiger partial charge in [0.2, 0.25) is 0 Å². The highest BCUT2D eigenvalue weighted by Crippen LogP contribution is 2.30. The lowest BCUT2D eigenvalue weighted by molar-refractivity contribution is 0.102. The first-order valence-corrected chi connectivity index (χ1v) is 9.26. The second-order valence-electron chi connectivity index (χ2n) is 6.56. The van der Waals surface area contributed by atoms with Crippen LogP contribution in [0.1, 0.15) is 10.4 Å². The second kappa shape index (κ2) is 8.13. The third-order valence-corrected chi connectivity index (χ3v) is 4.73. The summed E-state index contributed by atoms with van der Waals surface area (Å²) in [7, 11) is 2.98. The lowest BCUT2D eigenvalue weighted by Crippen LogP contribution is -2.14. The van der Waals surface area contributed by atoms with E-state index in [1.165, 1.54) is 14.2 Å². The molecule has 0 aliphatic carbocycles. The summed E-state index contributed by atoms with van der Waals surface area (Å²) in [5.41, 5.74) is 1.96. The molecule has 4 aromatic rings. The van der Waals surface area contributed by atoms with Crippen molar-refractivity contribution in [1.29, 1.82) is 0 Å². The molecule has 3 aromatic carbocycles. The first-order chi connectivity index (χ1) is 14.6. The molecule has 0 fully saturated rings. The van der Waals surface area contributed by atoms with E-state index in [4.69, 9.17) is 13.9 Å². The molecule has 0 atom stereocenters. The Labute approximate surface area is 172 Å². The molecule has 0 bridgehead atoms. The van der Waals surface area contributed by atoms with Crippen molar-refractivity contribution in [2.75, 3.05) is 19.5 Å². The Morgan fingerprint density at radius 2 is 1.57 bits per heavy atom. The second-order valence-corrected chi connectivity index (χ2v) is 6.56. The number of nitrogens with one attached hydrogen (secondary N) is 1. The number of benzene rings is 3. The van der Waals surface area contributed by atoms with Crippen LogP contribution < -0.4 is 20.4 Å². The van der Waals surface area contributed by atoms with Crippen LogP contribution >= 0.6 is 0 Å². The van der Waals surface area contributed by atoms with Crippen LogP contribution in [0.25, 0.3) is 22.1 Å². The Kier molecular flexibility index (Phi) is 5.22. The summed E-state index contributed by atoms with van der Waals surface area (Å²) in [6.45, 7) is 0. The molecule has 6 heteroatoms. The van der Waals surface area contributed by atoms with Gasteiger partial charge in [-0.25, -0.2) is 4.79 Å². The fourth-order valence-electron chi connectivity index (χ4n) is 3.30. The van der Waals surface area contributed by atoms with Crippen molar-refractivity contribution in [3.63, 3.8) is 0 Å². The summed E-state index contributed by atoms with van der Waals surface area (Å²) < 4.78 is 16.0. The van der Waals surface area contributed by atoms with Gasteiger partial charge < -0.3 is 19.2 Å². The first-order valence-electron chi connectivity index (χ1n) is 9.26. The lowest BCUT2D eigenvalue weighted by atomic mass is 10.0. The van der Waals surface area contributed by atoms with E-state index in [1.54, 1.807) is 54.6 Å². The van der Waals surface area contributed by atoms with Gasteiger partial charge in [0.1, 0.15) is 22.6 Å². The number of methoxy groups -OCH3 is 2. The van der Waals surface area contributed by atoms with Crippen LogP contribution in [0.2, 0.25) is 0 Å². The zero-order chi connectivity index (χ0) is 21.1. The van der Waals surface area contributed by atoms with Crippen LogP contribution in [-0.2, 0) is 0 Å². The molecule has 30 heavy (non-hydrogen) atoms. The van der Waals surface area contributed by atoms with Crippen LogP contribution in [-0.4, -0.2) is 20.1 Å². The topological polar surface area (TPSA) is 77.8 Å². The first kappa shape index (κ1) is 19.3. The number of para-hydroxylation sites is 1. The number of amides is 1. The normalized spacial score (nSPS) is 10.6. The largest absolute Gasteiger partial charge is 0.496 e. The van der Waals surface area contributed by atoms with Crippen LogP contribution in [0.5, 0.6) is 11.5 Å². The highest BCUT2D eigenvalue weighted by atomic mass is 16.5. The molecular weight excluding hydrogens is 382 g/mol. The van der Waals surface area contributed by atoms with Crippen molar-refractivity contribution >= 4 is 22.6 Å². The molecule has 0 saturated carbocycles. The summed E-state index contributed by atoms with van der Waals surface area (Å²) in [6, 6.07) is 21.2. The molecule has 1 N–H and O–H groups in total. The molecule has 0 aliphatic rings. The van der Waals surface area contributed by atoms with Gasteiger partial charge in [-0.1, -0.05) is 36.4 Å². The van der Waals surface area contributed by atoms with Crippen LogP contribution in [0.4, 0.5) is 5.69 Å². The van der Waals surface area contributed by atoms with E-state index in [9.17, 15) is 9.59 Å². The summed E-state index contributed by atoms with van der Waals surface area (Å²) in [6.07, 6.45) is 0. The van der Waals surface area contributed by atoms with Crippen molar-refractivity contribution < 1.29 is 18.7 Å². The minimum Gasteiger partial charge on any atom is -0.496 e.